The molecule has 0 aromatic heterocycles. The lowest BCUT2D eigenvalue weighted by Crippen LogP contribution is -2.34. The van der Waals surface area contributed by atoms with Gasteiger partial charge >= 0.3 is 0 Å². The van der Waals surface area contributed by atoms with E-state index in [1.54, 1.807) is 18.2 Å². The molecule has 7 nitrogen and oxygen atoms in total. The summed E-state index contributed by atoms with van der Waals surface area (Å²) in [6.07, 6.45) is 0.390. The number of rotatable bonds is 7. The number of ketones is 1. The third kappa shape index (κ3) is 4.90. The van der Waals surface area contributed by atoms with Gasteiger partial charge in [0.25, 0.3) is 15.9 Å². The summed E-state index contributed by atoms with van der Waals surface area (Å²) in [5, 5.41) is 0. The molecule has 1 amide bonds. The highest BCUT2D eigenvalue weighted by atomic mass is 32.2. The van der Waals surface area contributed by atoms with Gasteiger partial charge in [-0.05, 0) is 66.4 Å². The van der Waals surface area contributed by atoms with Gasteiger partial charge < -0.3 is 9.47 Å². The average molecular weight is 466 g/mol. The van der Waals surface area contributed by atoms with Crippen LogP contribution in [0.15, 0.2) is 71.6 Å². The van der Waals surface area contributed by atoms with Crippen LogP contribution in [0.3, 0.4) is 0 Å². The van der Waals surface area contributed by atoms with E-state index in [1.165, 1.54) is 24.3 Å². The molecule has 170 valence electrons. The number of benzene rings is 3. The molecular weight excluding hydrogens is 442 g/mol. The van der Waals surface area contributed by atoms with E-state index < -0.39 is 22.5 Å². The van der Waals surface area contributed by atoms with Gasteiger partial charge in [0.1, 0.15) is 17.2 Å². The molecule has 1 aliphatic carbocycles. The van der Waals surface area contributed by atoms with E-state index in [9.17, 15) is 18.0 Å². The number of amides is 1. The molecule has 4 rings (SSSR count). The third-order valence-corrected chi connectivity index (χ3v) is 6.80. The summed E-state index contributed by atoms with van der Waals surface area (Å²) in [7, 11) is -4.09. The third-order valence-electron chi connectivity index (χ3n) is 5.41. The Morgan fingerprint density at radius 3 is 2.36 bits per heavy atom. The van der Waals surface area contributed by atoms with Gasteiger partial charge in [0.05, 0.1) is 10.5 Å². The van der Waals surface area contributed by atoms with Gasteiger partial charge in [0.15, 0.2) is 12.4 Å². The number of carbonyl (C=O) groups excluding carboxylic acids is 2. The Kier molecular flexibility index (Phi) is 6.20. The molecule has 0 fully saturated rings. The van der Waals surface area contributed by atoms with Gasteiger partial charge in [-0.15, -0.1) is 0 Å². The summed E-state index contributed by atoms with van der Waals surface area (Å²) < 4.78 is 38.3. The molecular formula is C25H23NO6S. The summed E-state index contributed by atoms with van der Waals surface area (Å²) in [6, 6.07) is 18.2. The summed E-state index contributed by atoms with van der Waals surface area (Å²) in [5.41, 5.74) is 2.39. The highest BCUT2D eigenvalue weighted by Crippen LogP contribution is 2.40. The second-order valence-corrected chi connectivity index (χ2v) is 9.58. The van der Waals surface area contributed by atoms with Crippen LogP contribution in [-0.4, -0.2) is 26.7 Å². The maximum Gasteiger partial charge on any atom is 0.271 e. The molecule has 33 heavy (non-hydrogen) atoms. The van der Waals surface area contributed by atoms with E-state index in [4.69, 9.17) is 9.47 Å². The number of hydrogen-bond acceptors (Lipinski definition) is 6. The van der Waals surface area contributed by atoms with E-state index in [1.807, 2.05) is 42.8 Å². The zero-order valence-corrected chi connectivity index (χ0v) is 19.0. The topological polar surface area (TPSA) is 98.8 Å². The van der Waals surface area contributed by atoms with Crippen molar-refractivity contribution in [3.63, 3.8) is 0 Å². The normalized spacial score (nSPS) is 15.1. The Hall–Kier alpha value is -3.65. The van der Waals surface area contributed by atoms with Crippen molar-refractivity contribution < 1.29 is 27.5 Å². The Morgan fingerprint density at radius 1 is 1.00 bits per heavy atom. The number of ether oxygens (including phenoxy) is 2. The first kappa shape index (κ1) is 22.5. The fraction of sp³-hybridized carbons (Fsp3) is 0.200. The van der Waals surface area contributed by atoms with E-state index in [0.717, 1.165) is 11.1 Å². The Morgan fingerprint density at radius 2 is 1.67 bits per heavy atom. The van der Waals surface area contributed by atoms with Crippen LogP contribution in [-0.2, 0) is 14.8 Å². The maximum absolute atomic E-state index is 12.6. The number of Topliss-reactive ketones (excluding diaryl/α,β-unsaturated/α-hetero) is 1. The maximum atomic E-state index is 12.6. The molecule has 0 bridgehead atoms. The predicted molar refractivity (Wildman–Crippen MR) is 122 cm³/mol. The van der Waals surface area contributed by atoms with Crippen LogP contribution in [0.25, 0.3) is 0 Å². The number of nitrogens with one attached hydrogen (secondary N) is 1. The second kappa shape index (κ2) is 9.07. The van der Waals surface area contributed by atoms with Crippen LogP contribution < -0.4 is 14.2 Å². The first-order valence-corrected chi connectivity index (χ1v) is 11.9. The molecule has 3 aromatic rings. The van der Waals surface area contributed by atoms with E-state index in [-0.39, 0.29) is 16.6 Å². The molecule has 1 atom stereocenters. The first-order valence-electron chi connectivity index (χ1n) is 10.4. The van der Waals surface area contributed by atoms with Crippen molar-refractivity contribution in [3.8, 4) is 17.2 Å². The van der Waals surface area contributed by atoms with Gasteiger partial charge in [0.2, 0.25) is 0 Å². The van der Waals surface area contributed by atoms with Gasteiger partial charge in [-0.3, -0.25) is 9.59 Å². The molecule has 0 saturated carbocycles. The Balaban J connectivity index is 1.40. The van der Waals surface area contributed by atoms with Crippen LogP contribution in [0.1, 0.15) is 40.7 Å². The summed E-state index contributed by atoms with van der Waals surface area (Å²) in [6.45, 7) is 3.36. The first-order chi connectivity index (χ1) is 15.7. The van der Waals surface area contributed by atoms with Gasteiger partial charge in [-0.25, -0.2) is 13.1 Å². The summed E-state index contributed by atoms with van der Waals surface area (Å²) in [5.74, 6) is 0.574. The van der Waals surface area contributed by atoms with Crippen molar-refractivity contribution in [1.82, 2.24) is 4.72 Å². The van der Waals surface area contributed by atoms with Crippen molar-refractivity contribution in [3.05, 3.63) is 83.4 Å². The lowest BCUT2D eigenvalue weighted by molar-refractivity contribution is -0.121. The van der Waals surface area contributed by atoms with E-state index >= 15 is 0 Å². The Labute approximate surface area is 192 Å². The number of sulfonamides is 1. The smallest absolute Gasteiger partial charge is 0.271 e. The molecule has 0 aliphatic heterocycles. The predicted octanol–water partition coefficient (Wildman–Crippen LogP) is 4.36. The highest BCUT2D eigenvalue weighted by Gasteiger charge is 2.31. The zero-order valence-electron chi connectivity index (χ0n) is 18.2. The van der Waals surface area contributed by atoms with Crippen molar-refractivity contribution in [2.24, 2.45) is 0 Å². The number of carbonyl (C=O) groups is 2. The molecule has 0 radical (unpaired) electrons. The SMILES string of the molecule is Cc1ccc(OCC(=O)NS(=O)(=O)c2ccc(Oc3ccccc3)cc2)c2c1C(C)CC2=O. The van der Waals surface area contributed by atoms with Crippen molar-refractivity contribution in [2.45, 2.75) is 31.1 Å². The zero-order chi connectivity index (χ0) is 23.6. The minimum Gasteiger partial charge on any atom is -0.483 e. The number of fused-ring (bicyclic) bond motifs is 1. The monoisotopic (exact) mass is 465 g/mol. The molecule has 0 heterocycles. The number of hydrogen-bond donors (Lipinski definition) is 1. The van der Waals surface area contributed by atoms with Crippen LogP contribution in [0.5, 0.6) is 17.2 Å². The summed E-state index contributed by atoms with van der Waals surface area (Å²) in [4.78, 5) is 24.6. The molecule has 1 unspecified atom stereocenters. The largest absolute Gasteiger partial charge is 0.483 e. The molecule has 1 N–H and O–H groups in total. The summed E-state index contributed by atoms with van der Waals surface area (Å²) >= 11 is 0. The minimum absolute atomic E-state index is 0.0398. The van der Waals surface area contributed by atoms with Gasteiger partial charge in [-0.1, -0.05) is 31.2 Å². The van der Waals surface area contributed by atoms with Crippen molar-refractivity contribution >= 4 is 21.7 Å². The molecule has 0 saturated heterocycles. The standard InChI is InChI=1S/C25H23NO6S/c1-16-8-13-22(25-21(27)14-17(2)24(16)25)31-15-23(28)26-33(29,30)20-11-9-19(10-12-20)32-18-6-4-3-5-7-18/h3-13,17H,14-15H2,1-2H3,(H,26,28). The number of aryl methyl sites for hydroxylation is 1. The van der Waals surface area contributed by atoms with Gasteiger partial charge in [-0.2, -0.15) is 0 Å². The average Bonchev–Trinajstić information content (AvgIpc) is 3.09. The van der Waals surface area contributed by atoms with E-state index in [2.05, 4.69) is 0 Å². The van der Waals surface area contributed by atoms with Crippen LogP contribution in [0.2, 0.25) is 0 Å². The van der Waals surface area contributed by atoms with Gasteiger partial charge in [0, 0.05) is 6.42 Å². The van der Waals surface area contributed by atoms with Crippen molar-refractivity contribution in [1.29, 1.82) is 0 Å². The molecule has 1 aliphatic rings. The van der Waals surface area contributed by atoms with Crippen LogP contribution in [0.4, 0.5) is 0 Å². The fourth-order valence-corrected chi connectivity index (χ4v) is 4.89. The van der Waals surface area contributed by atoms with Crippen molar-refractivity contribution in [2.75, 3.05) is 6.61 Å². The minimum atomic E-state index is -4.09. The fourth-order valence-electron chi connectivity index (χ4n) is 3.92. The quantitative estimate of drug-likeness (QED) is 0.557. The highest BCUT2D eigenvalue weighted by molar-refractivity contribution is 7.90. The second-order valence-electron chi connectivity index (χ2n) is 7.90. The lowest BCUT2D eigenvalue weighted by atomic mass is 9.97. The number of para-hydroxylation sites is 1. The molecule has 8 heteroatoms. The van der Waals surface area contributed by atoms with E-state index in [0.29, 0.717) is 29.2 Å². The van der Waals surface area contributed by atoms with Crippen LogP contribution in [0, 0.1) is 6.92 Å². The van der Waals surface area contributed by atoms with Crippen LogP contribution >= 0.6 is 0 Å². The lowest BCUT2D eigenvalue weighted by Gasteiger charge is -2.13. The Bertz CT molecular complexity index is 1300. The molecule has 3 aromatic carbocycles. The molecule has 0 spiro atoms.